The van der Waals surface area contributed by atoms with Gasteiger partial charge in [-0.15, -0.1) is 11.3 Å². The van der Waals surface area contributed by atoms with Crippen LogP contribution in [0, 0.1) is 0 Å². The molecule has 15 heteroatoms. The highest BCUT2D eigenvalue weighted by Gasteiger charge is 2.61. The molecule has 3 N–H and O–H groups in total. The fourth-order valence-corrected chi connectivity index (χ4v) is 5.82. The molecule has 35 heavy (non-hydrogen) atoms. The lowest BCUT2D eigenvalue weighted by molar-refractivity contribution is -0.296. The maximum atomic E-state index is 13.4. The molecule has 1 aromatic carbocycles. The Hall–Kier alpha value is -3.04. The maximum absolute atomic E-state index is 13.4. The highest BCUT2D eigenvalue weighted by atomic mass is 32.2. The van der Waals surface area contributed by atoms with Gasteiger partial charge in [0.25, 0.3) is 0 Å². The van der Waals surface area contributed by atoms with Crippen molar-refractivity contribution in [3.63, 3.8) is 0 Å². The molecule has 0 radical (unpaired) electrons. The lowest BCUT2D eigenvalue weighted by atomic mass is 9.98. The van der Waals surface area contributed by atoms with Crippen LogP contribution in [0.2, 0.25) is 0 Å². The Morgan fingerprint density at radius 3 is 2.31 bits per heavy atom. The minimum atomic E-state index is -5.84. The summed E-state index contributed by atoms with van der Waals surface area (Å²) >= 11 is 0.691. The average Bonchev–Trinajstić information content (AvgIpc) is 3.17. The molecule has 0 amide bonds. The standard InChI is InChI=1S/C19H15F5N2O3S2.CH2O3/c1-17(11-5-3-2-4-6-11)10-14(17)26-31(27,28)16-8-7-13(30-16)12-9-15(29-25-12)18(20,21)19(22,23)24;2-1(3)4/h2-9,14,26H,10H2,1H3;(H2,2,3,4)/t14-,17+;/m0./s1. The van der Waals surface area contributed by atoms with E-state index >= 15 is 0 Å². The zero-order valence-corrected chi connectivity index (χ0v) is 19.2. The Labute approximate surface area is 199 Å². The molecular weight excluding hydrogens is 523 g/mol. The summed E-state index contributed by atoms with van der Waals surface area (Å²) in [4.78, 5) is 8.63. The van der Waals surface area contributed by atoms with Crippen LogP contribution in [0.15, 0.2) is 57.3 Å². The second-order valence-corrected chi connectivity index (χ2v) is 10.7. The van der Waals surface area contributed by atoms with Crippen LogP contribution >= 0.6 is 11.3 Å². The van der Waals surface area contributed by atoms with Gasteiger partial charge in [0.05, 0.1) is 4.88 Å². The molecule has 8 nitrogen and oxygen atoms in total. The van der Waals surface area contributed by atoms with Crippen LogP contribution in [0.25, 0.3) is 10.6 Å². The zero-order valence-electron chi connectivity index (χ0n) is 17.6. The van der Waals surface area contributed by atoms with E-state index in [1.165, 1.54) is 12.1 Å². The third-order valence-corrected chi connectivity index (χ3v) is 8.31. The molecule has 2 atom stereocenters. The van der Waals surface area contributed by atoms with Crippen molar-refractivity contribution in [2.24, 2.45) is 0 Å². The first-order valence-corrected chi connectivity index (χ1v) is 11.9. The lowest BCUT2D eigenvalue weighted by Gasteiger charge is -2.15. The molecule has 3 aromatic rings. The Balaban J connectivity index is 0.000000795. The van der Waals surface area contributed by atoms with E-state index in [0.29, 0.717) is 23.8 Å². The molecule has 0 bridgehead atoms. The first kappa shape index (κ1) is 26.6. The molecule has 2 aromatic heterocycles. The van der Waals surface area contributed by atoms with Gasteiger partial charge in [0.15, 0.2) is 0 Å². The van der Waals surface area contributed by atoms with E-state index in [-0.39, 0.29) is 26.2 Å². The van der Waals surface area contributed by atoms with Gasteiger partial charge in [-0.25, -0.2) is 17.9 Å². The molecular formula is C20H17F5N2O6S2. The molecule has 0 aliphatic heterocycles. The highest BCUT2D eigenvalue weighted by molar-refractivity contribution is 7.91. The second kappa shape index (κ2) is 9.20. The fourth-order valence-electron chi connectivity index (χ4n) is 3.20. The predicted octanol–water partition coefficient (Wildman–Crippen LogP) is 5.29. The minimum Gasteiger partial charge on any atom is -0.450 e. The van der Waals surface area contributed by atoms with E-state index in [4.69, 9.17) is 15.0 Å². The third-order valence-electron chi connectivity index (χ3n) is 5.24. The first-order chi connectivity index (χ1) is 16.1. The molecule has 1 saturated carbocycles. The summed E-state index contributed by atoms with van der Waals surface area (Å²) in [6.45, 7) is 1.94. The highest BCUT2D eigenvalue weighted by Crippen LogP contribution is 2.49. The number of hydrogen-bond acceptors (Lipinski definition) is 6. The summed E-state index contributed by atoms with van der Waals surface area (Å²) in [7, 11) is -3.93. The number of carboxylic acid groups (broad SMARTS) is 2. The summed E-state index contributed by atoms with van der Waals surface area (Å²) in [5.74, 6) is -6.87. The monoisotopic (exact) mass is 540 g/mol. The normalized spacial score (nSPS) is 20.1. The smallest absolute Gasteiger partial charge is 0.450 e. The molecule has 1 aliphatic rings. The van der Waals surface area contributed by atoms with E-state index < -0.39 is 34.0 Å². The Kier molecular flexibility index (Phi) is 6.98. The topological polar surface area (TPSA) is 130 Å². The van der Waals surface area contributed by atoms with Crippen LogP contribution in [-0.4, -0.2) is 42.2 Å². The van der Waals surface area contributed by atoms with Gasteiger partial charge in [-0.2, -0.15) is 22.0 Å². The summed E-state index contributed by atoms with van der Waals surface area (Å²) in [6, 6.07) is 12.1. The number of benzene rings is 1. The van der Waals surface area contributed by atoms with E-state index in [1.807, 2.05) is 37.3 Å². The van der Waals surface area contributed by atoms with Gasteiger partial charge in [-0.1, -0.05) is 42.4 Å². The van der Waals surface area contributed by atoms with Crippen LogP contribution in [0.4, 0.5) is 26.7 Å². The molecule has 1 aliphatic carbocycles. The molecule has 0 saturated heterocycles. The first-order valence-electron chi connectivity index (χ1n) is 9.59. The van der Waals surface area contributed by atoms with Crippen LogP contribution < -0.4 is 4.72 Å². The molecule has 1 fully saturated rings. The molecule has 2 heterocycles. The van der Waals surface area contributed by atoms with Crippen LogP contribution in [0.3, 0.4) is 0 Å². The van der Waals surface area contributed by atoms with E-state index in [0.717, 1.165) is 5.56 Å². The van der Waals surface area contributed by atoms with Crippen LogP contribution in [-0.2, 0) is 21.4 Å². The van der Waals surface area contributed by atoms with Crippen molar-refractivity contribution in [1.82, 2.24) is 9.88 Å². The van der Waals surface area contributed by atoms with Gasteiger partial charge in [0, 0.05) is 17.5 Å². The van der Waals surface area contributed by atoms with Gasteiger partial charge >= 0.3 is 18.3 Å². The number of sulfonamides is 1. The average molecular weight is 540 g/mol. The SMILES string of the molecule is C[C@]1(c2ccccc2)C[C@@H]1NS(=O)(=O)c1ccc(-c2cc(C(F)(F)C(F)(F)F)on2)s1.O=C(O)O. The largest absolute Gasteiger partial charge is 0.503 e. The minimum absolute atomic E-state index is 0.0787. The molecule has 190 valence electrons. The van der Waals surface area contributed by atoms with Gasteiger partial charge in [0.1, 0.15) is 9.90 Å². The van der Waals surface area contributed by atoms with Crippen molar-refractivity contribution in [2.75, 3.05) is 0 Å². The van der Waals surface area contributed by atoms with Crippen LogP contribution in [0.5, 0.6) is 0 Å². The second-order valence-electron chi connectivity index (χ2n) is 7.71. The molecule has 4 rings (SSSR count). The van der Waals surface area contributed by atoms with Crippen LogP contribution in [0.1, 0.15) is 24.7 Å². The van der Waals surface area contributed by atoms with Crippen molar-refractivity contribution in [3.05, 3.63) is 59.9 Å². The maximum Gasteiger partial charge on any atom is 0.503 e. The van der Waals surface area contributed by atoms with E-state index in [9.17, 15) is 30.4 Å². The number of hydrogen-bond donors (Lipinski definition) is 3. The number of nitrogens with one attached hydrogen (secondary N) is 1. The Morgan fingerprint density at radius 2 is 1.74 bits per heavy atom. The number of alkyl halides is 5. The molecule has 0 spiro atoms. The van der Waals surface area contributed by atoms with Crippen molar-refractivity contribution in [3.8, 4) is 10.6 Å². The van der Waals surface area contributed by atoms with Crippen molar-refractivity contribution < 1.29 is 49.9 Å². The van der Waals surface area contributed by atoms with Gasteiger partial charge in [0.2, 0.25) is 15.8 Å². The van der Waals surface area contributed by atoms with E-state index in [2.05, 4.69) is 14.4 Å². The summed E-state index contributed by atoms with van der Waals surface area (Å²) in [5, 5.41) is 17.2. The summed E-state index contributed by atoms with van der Waals surface area (Å²) < 4.78 is 96.4. The predicted molar refractivity (Wildman–Crippen MR) is 113 cm³/mol. The number of halogens is 5. The quantitative estimate of drug-likeness (QED) is 0.363. The number of thiophene rings is 1. The fraction of sp³-hybridized carbons (Fsp3) is 0.300. The van der Waals surface area contributed by atoms with Crippen molar-refractivity contribution in [2.45, 2.75) is 41.1 Å². The number of carbonyl (C=O) groups is 1. The van der Waals surface area contributed by atoms with E-state index in [1.54, 1.807) is 0 Å². The summed E-state index contributed by atoms with van der Waals surface area (Å²) in [5.41, 5.74) is 0.333. The Morgan fingerprint density at radius 1 is 1.14 bits per heavy atom. The van der Waals surface area contributed by atoms with Gasteiger partial charge < -0.3 is 14.7 Å². The Bertz CT molecular complexity index is 1300. The molecule has 0 unspecified atom stereocenters. The van der Waals surface area contributed by atoms with Crippen molar-refractivity contribution >= 4 is 27.5 Å². The number of aromatic nitrogens is 1. The van der Waals surface area contributed by atoms with Crippen molar-refractivity contribution in [1.29, 1.82) is 0 Å². The summed E-state index contributed by atoms with van der Waals surface area (Å²) in [6.07, 6.45) is -7.07. The lowest BCUT2D eigenvalue weighted by Crippen LogP contribution is -2.33. The zero-order chi connectivity index (χ0) is 26.2. The number of rotatable bonds is 6. The number of nitrogens with zero attached hydrogens (tertiary/aromatic N) is 1. The van der Waals surface area contributed by atoms with Gasteiger partial charge in [-0.05, 0) is 24.1 Å². The third kappa shape index (κ3) is 5.62. The van der Waals surface area contributed by atoms with Gasteiger partial charge in [-0.3, -0.25) is 0 Å².